The Hall–Kier alpha value is -1.78. The van der Waals surface area contributed by atoms with E-state index in [0.717, 1.165) is 6.07 Å². The molecule has 2 aromatic rings. The molecule has 0 atom stereocenters. The molecule has 0 aliphatic carbocycles. The number of rotatable bonds is 2. The summed E-state index contributed by atoms with van der Waals surface area (Å²) in [6.45, 7) is 0. The number of amides is 1. The van der Waals surface area contributed by atoms with E-state index in [9.17, 15) is 9.18 Å². The first-order valence-electron chi connectivity index (χ1n) is 5.28. The molecule has 0 saturated carbocycles. The average molecular weight is 299 g/mol. The van der Waals surface area contributed by atoms with Crippen molar-refractivity contribution in [1.82, 2.24) is 0 Å². The van der Waals surface area contributed by atoms with Crippen molar-refractivity contribution in [2.24, 2.45) is 0 Å². The topological polar surface area (TPSA) is 55.1 Å². The molecule has 98 valence electrons. The minimum Gasteiger partial charge on any atom is -0.396 e. The fraction of sp³-hybridized carbons (Fsp3) is 0. The minimum atomic E-state index is -0.595. The molecule has 3 nitrogen and oxygen atoms in total. The fourth-order valence-electron chi connectivity index (χ4n) is 1.49. The van der Waals surface area contributed by atoms with Gasteiger partial charge < -0.3 is 11.1 Å². The number of nitrogen functional groups attached to an aromatic ring is 1. The lowest BCUT2D eigenvalue weighted by Crippen LogP contribution is -2.12. The molecule has 0 radical (unpaired) electrons. The normalized spacial score (nSPS) is 10.3. The largest absolute Gasteiger partial charge is 0.396 e. The molecule has 2 aromatic carbocycles. The van der Waals surface area contributed by atoms with E-state index in [-0.39, 0.29) is 11.3 Å². The van der Waals surface area contributed by atoms with E-state index >= 15 is 0 Å². The third-order valence-electron chi connectivity index (χ3n) is 2.38. The summed E-state index contributed by atoms with van der Waals surface area (Å²) in [5, 5.41) is 3.23. The van der Waals surface area contributed by atoms with Crippen LogP contribution in [0.15, 0.2) is 36.4 Å². The van der Waals surface area contributed by atoms with Crippen LogP contribution >= 0.6 is 23.2 Å². The molecule has 3 N–H and O–H groups in total. The van der Waals surface area contributed by atoms with E-state index in [1.165, 1.54) is 30.3 Å². The maximum atomic E-state index is 13.2. The first-order chi connectivity index (χ1) is 8.95. The number of nitrogens with two attached hydrogens (primary N) is 1. The predicted octanol–water partition coefficient (Wildman–Crippen LogP) is 3.97. The Bertz CT molecular complexity index is 626. The zero-order chi connectivity index (χ0) is 14.0. The Morgan fingerprint density at radius 1 is 1.11 bits per heavy atom. The Morgan fingerprint density at radius 3 is 2.32 bits per heavy atom. The molecule has 6 heteroatoms. The molecule has 0 aliphatic heterocycles. The number of carbonyl (C=O) groups is 1. The van der Waals surface area contributed by atoms with Crippen LogP contribution in [0.25, 0.3) is 0 Å². The molecule has 0 aromatic heterocycles. The van der Waals surface area contributed by atoms with Gasteiger partial charge in [-0.2, -0.15) is 0 Å². The fourth-order valence-corrected chi connectivity index (χ4v) is 2.02. The van der Waals surface area contributed by atoms with Gasteiger partial charge in [0.05, 0.1) is 5.69 Å². The molecule has 0 spiro atoms. The highest BCUT2D eigenvalue weighted by Gasteiger charge is 2.09. The standard InChI is InChI=1S/C13H9Cl2FN2O/c14-8-3-7(4-9(15)5-8)13(19)18-10-1-2-12(17)11(16)6-10/h1-6H,17H2,(H,18,19). The van der Waals surface area contributed by atoms with Crippen molar-refractivity contribution in [2.75, 3.05) is 11.1 Å². The van der Waals surface area contributed by atoms with Gasteiger partial charge in [0.2, 0.25) is 0 Å². The van der Waals surface area contributed by atoms with Crippen LogP contribution in [0.4, 0.5) is 15.8 Å². The van der Waals surface area contributed by atoms with Crippen molar-refractivity contribution < 1.29 is 9.18 Å². The number of hydrogen-bond donors (Lipinski definition) is 2. The van der Waals surface area contributed by atoms with Gasteiger partial charge in [-0.1, -0.05) is 23.2 Å². The van der Waals surface area contributed by atoms with Crippen LogP contribution in [0.3, 0.4) is 0 Å². The van der Waals surface area contributed by atoms with Gasteiger partial charge in [-0.15, -0.1) is 0 Å². The Morgan fingerprint density at radius 2 is 1.74 bits per heavy atom. The van der Waals surface area contributed by atoms with Crippen LogP contribution in [0.2, 0.25) is 10.0 Å². The summed E-state index contributed by atoms with van der Waals surface area (Å²) in [6, 6.07) is 8.47. The van der Waals surface area contributed by atoms with E-state index in [2.05, 4.69) is 5.32 Å². The van der Waals surface area contributed by atoms with Crippen molar-refractivity contribution in [2.45, 2.75) is 0 Å². The summed E-state index contributed by atoms with van der Waals surface area (Å²) in [7, 11) is 0. The molecule has 0 unspecified atom stereocenters. The van der Waals surface area contributed by atoms with Gasteiger partial charge in [0, 0.05) is 21.3 Å². The number of anilines is 2. The van der Waals surface area contributed by atoms with Gasteiger partial charge in [0.15, 0.2) is 0 Å². The quantitative estimate of drug-likeness (QED) is 0.824. The summed E-state index contributed by atoms with van der Waals surface area (Å²) < 4.78 is 13.2. The molecule has 0 fully saturated rings. The van der Waals surface area contributed by atoms with Crippen LogP contribution in [0.1, 0.15) is 10.4 Å². The van der Waals surface area contributed by atoms with E-state index in [1.807, 2.05) is 0 Å². The third-order valence-corrected chi connectivity index (χ3v) is 2.82. The maximum absolute atomic E-state index is 13.2. The molecule has 0 heterocycles. The van der Waals surface area contributed by atoms with Crippen LogP contribution < -0.4 is 11.1 Å². The highest BCUT2D eigenvalue weighted by Crippen LogP contribution is 2.21. The van der Waals surface area contributed by atoms with Crippen molar-refractivity contribution in [3.8, 4) is 0 Å². The monoisotopic (exact) mass is 298 g/mol. The first-order valence-corrected chi connectivity index (χ1v) is 6.04. The Kier molecular flexibility index (Phi) is 3.93. The molecule has 0 aliphatic rings. The summed E-state index contributed by atoms with van der Waals surface area (Å²) in [4.78, 5) is 11.9. The lowest BCUT2D eigenvalue weighted by atomic mass is 10.2. The van der Waals surface area contributed by atoms with E-state index in [4.69, 9.17) is 28.9 Å². The zero-order valence-electron chi connectivity index (χ0n) is 9.58. The predicted molar refractivity (Wildman–Crippen MR) is 75.2 cm³/mol. The molecule has 2 rings (SSSR count). The van der Waals surface area contributed by atoms with Crippen molar-refractivity contribution in [3.63, 3.8) is 0 Å². The molecule has 0 saturated heterocycles. The van der Waals surface area contributed by atoms with Crippen molar-refractivity contribution in [3.05, 3.63) is 57.8 Å². The van der Waals surface area contributed by atoms with Crippen molar-refractivity contribution >= 4 is 40.5 Å². The van der Waals surface area contributed by atoms with E-state index in [1.54, 1.807) is 0 Å². The average Bonchev–Trinajstić information content (AvgIpc) is 2.32. The number of nitrogens with one attached hydrogen (secondary N) is 1. The Labute approximate surface area is 119 Å². The van der Waals surface area contributed by atoms with E-state index < -0.39 is 11.7 Å². The highest BCUT2D eigenvalue weighted by molar-refractivity contribution is 6.35. The summed E-state index contributed by atoms with van der Waals surface area (Å²) in [5.74, 6) is -1.03. The molecular formula is C13H9Cl2FN2O. The number of benzene rings is 2. The minimum absolute atomic E-state index is 0.0174. The third kappa shape index (κ3) is 3.36. The highest BCUT2D eigenvalue weighted by atomic mass is 35.5. The zero-order valence-corrected chi connectivity index (χ0v) is 11.1. The van der Waals surface area contributed by atoms with Gasteiger partial charge in [0.1, 0.15) is 5.82 Å². The van der Waals surface area contributed by atoms with Crippen LogP contribution in [0, 0.1) is 5.82 Å². The summed E-state index contributed by atoms with van der Waals surface area (Å²) >= 11 is 11.6. The van der Waals surface area contributed by atoms with Crippen molar-refractivity contribution in [1.29, 1.82) is 0 Å². The van der Waals surface area contributed by atoms with Gasteiger partial charge in [0.25, 0.3) is 5.91 Å². The van der Waals surface area contributed by atoms with Gasteiger partial charge >= 0.3 is 0 Å². The van der Waals surface area contributed by atoms with Crippen LogP contribution in [0.5, 0.6) is 0 Å². The second kappa shape index (κ2) is 5.47. The molecule has 0 bridgehead atoms. The molecule has 19 heavy (non-hydrogen) atoms. The van der Waals surface area contributed by atoms with Gasteiger partial charge in [-0.3, -0.25) is 4.79 Å². The molecular weight excluding hydrogens is 290 g/mol. The molecule has 1 amide bonds. The number of halogens is 3. The van der Waals surface area contributed by atoms with E-state index in [0.29, 0.717) is 15.7 Å². The van der Waals surface area contributed by atoms with Crippen LogP contribution in [-0.4, -0.2) is 5.91 Å². The number of hydrogen-bond acceptors (Lipinski definition) is 2. The van der Waals surface area contributed by atoms with Gasteiger partial charge in [-0.25, -0.2) is 4.39 Å². The number of carbonyl (C=O) groups excluding carboxylic acids is 1. The first kappa shape index (κ1) is 13.6. The van der Waals surface area contributed by atoms with Crippen LogP contribution in [-0.2, 0) is 0 Å². The summed E-state index contributed by atoms with van der Waals surface area (Å²) in [5.41, 5.74) is 5.95. The maximum Gasteiger partial charge on any atom is 0.255 e. The Balaban J connectivity index is 2.22. The smallest absolute Gasteiger partial charge is 0.255 e. The second-order valence-corrected chi connectivity index (χ2v) is 4.72. The summed E-state index contributed by atoms with van der Waals surface area (Å²) in [6.07, 6.45) is 0. The SMILES string of the molecule is Nc1ccc(NC(=O)c2cc(Cl)cc(Cl)c2)cc1F. The lowest BCUT2D eigenvalue weighted by Gasteiger charge is -2.07. The van der Waals surface area contributed by atoms with Gasteiger partial charge in [-0.05, 0) is 36.4 Å². The lowest BCUT2D eigenvalue weighted by molar-refractivity contribution is 0.102. The second-order valence-electron chi connectivity index (χ2n) is 3.85.